The summed E-state index contributed by atoms with van der Waals surface area (Å²) in [5.74, 6) is 1.93. The lowest BCUT2D eigenvalue weighted by atomic mass is 9.97. The number of nitrogens with one attached hydrogen (secondary N) is 2. The summed E-state index contributed by atoms with van der Waals surface area (Å²) in [7, 11) is 0. The number of rotatable bonds is 7. The summed E-state index contributed by atoms with van der Waals surface area (Å²) >= 11 is 7.53. The van der Waals surface area contributed by atoms with Crippen LogP contribution in [0.25, 0.3) is 10.2 Å². The molecule has 146 valence electrons. The van der Waals surface area contributed by atoms with Crippen LogP contribution in [0.5, 0.6) is 5.75 Å². The maximum absolute atomic E-state index is 7.62. The molecule has 0 unspecified atom stereocenters. The highest BCUT2D eigenvalue weighted by Gasteiger charge is 2.20. The number of ether oxygens (including phenoxy) is 1. The first-order valence-electron chi connectivity index (χ1n) is 9.36. The number of nitrogens with two attached hydrogens (primary N) is 1. The van der Waals surface area contributed by atoms with E-state index >= 15 is 0 Å². The van der Waals surface area contributed by atoms with Gasteiger partial charge in [-0.25, -0.2) is 9.97 Å². The molecular weight excluding hydrogens is 394 g/mol. The number of anilines is 3. The third-order valence-electron chi connectivity index (χ3n) is 4.88. The number of aromatic nitrogens is 2. The van der Waals surface area contributed by atoms with E-state index < -0.39 is 0 Å². The summed E-state index contributed by atoms with van der Waals surface area (Å²) in [5, 5.41) is 12.1. The van der Waals surface area contributed by atoms with Crippen LogP contribution >= 0.6 is 22.9 Å². The molecule has 0 bridgehead atoms. The lowest BCUT2D eigenvalue weighted by Crippen LogP contribution is -2.05. The largest absolute Gasteiger partial charge is 0.491 e. The number of hydrogen-bond donors (Lipinski definition) is 3. The number of nitrogen functional groups attached to an aromatic ring is 1. The van der Waals surface area contributed by atoms with Crippen molar-refractivity contribution < 1.29 is 4.74 Å². The quantitative estimate of drug-likeness (QED) is 0.220. The van der Waals surface area contributed by atoms with Crippen molar-refractivity contribution in [1.29, 1.82) is 5.41 Å². The summed E-state index contributed by atoms with van der Waals surface area (Å²) in [6, 6.07) is 3.57. The molecule has 0 saturated carbocycles. The first-order chi connectivity index (χ1) is 13.7. The second-order valence-electron chi connectivity index (χ2n) is 6.75. The van der Waals surface area contributed by atoms with Crippen molar-refractivity contribution >= 4 is 56.6 Å². The minimum atomic E-state index is 0.495. The van der Waals surface area contributed by atoms with Crippen molar-refractivity contribution in [2.24, 2.45) is 0 Å². The lowest BCUT2D eigenvalue weighted by Gasteiger charge is -2.16. The van der Waals surface area contributed by atoms with Crippen LogP contribution in [0.15, 0.2) is 18.5 Å². The van der Waals surface area contributed by atoms with E-state index in [4.69, 9.17) is 27.5 Å². The molecule has 0 radical (unpaired) electrons. The monoisotopic (exact) mass is 415 g/mol. The number of nitrogens with zero attached hydrogens (tertiary/aromatic N) is 2. The van der Waals surface area contributed by atoms with Gasteiger partial charge < -0.3 is 21.2 Å². The molecule has 0 spiro atoms. The smallest absolute Gasteiger partial charge is 0.144 e. The Morgan fingerprint density at radius 2 is 2.14 bits per heavy atom. The Hall–Kier alpha value is -2.38. The highest BCUT2D eigenvalue weighted by atomic mass is 35.5. The predicted octanol–water partition coefficient (Wildman–Crippen LogP) is 4.90. The number of benzene rings is 1. The molecule has 4 rings (SSSR count). The number of thiophene rings is 1. The van der Waals surface area contributed by atoms with Gasteiger partial charge in [-0.2, -0.15) is 0 Å². The van der Waals surface area contributed by atoms with Crippen LogP contribution in [0.1, 0.15) is 35.3 Å². The zero-order valence-corrected chi connectivity index (χ0v) is 17.0. The molecule has 4 N–H and O–H groups in total. The molecule has 0 saturated heterocycles. The van der Waals surface area contributed by atoms with Gasteiger partial charge in [-0.3, -0.25) is 0 Å². The predicted molar refractivity (Wildman–Crippen MR) is 117 cm³/mol. The third-order valence-corrected chi connectivity index (χ3v) is 6.35. The number of fused-ring (bicyclic) bond motifs is 3. The van der Waals surface area contributed by atoms with E-state index in [9.17, 15) is 0 Å². The molecule has 1 aliphatic carbocycles. The van der Waals surface area contributed by atoms with Crippen LogP contribution < -0.4 is 15.8 Å². The number of aryl methyl sites for hydroxylation is 2. The van der Waals surface area contributed by atoms with Gasteiger partial charge in [0.2, 0.25) is 0 Å². The standard InChI is InChI=1S/C20H22ClN5OS/c21-6-3-7-27-16-9-14(23)12(10-22)8-15(16)26-19-18-13-4-1-2-5-17(13)28-20(18)25-11-24-19/h8-11,22H,1-7,23H2,(H,24,25,26). The van der Waals surface area contributed by atoms with Crippen molar-refractivity contribution in [3.05, 3.63) is 34.5 Å². The van der Waals surface area contributed by atoms with Crippen molar-refractivity contribution in [1.82, 2.24) is 9.97 Å². The second kappa shape index (κ2) is 8.32. The number of halogens is 1. The third kappa shape index (κ3) is 3.64. The van der Waals surface area contributed by atoms with Crippen molar-refractivity contribution in [2.75, 3.05) is 23.5 Å². The molecule has 0 amide bonds. The average molecular weight is 416 g/mol. The Balaban J connectivity index is 1.76. The maximum atomic E-state index is 7.62. The lowest BCUT2D eigenvalue weighted by molar-refractivity contribution is 0.320. The van der Waals surface area contributed by atoms with Crippen LogP contribution in [0.3, 0.4) is 0 Å². The molecule has 28 heavy (non-hydrogen) atoms. The van der Waals surface area contributed by atoms with Gasteiger partial charge in [0.1, 0.15) is 22.7 Å². The minimum absolute atomic E-state index is 0.495. The van der Waals surface area contributed by atoms with Crippen LogP contribution in [-0.2, 0) is 12.8 Å². The van der Waals surface area contributed by atoms with Gasteiger partial charge in [0.05, 0.1) is 17.7 Å². The number of alkyl halides is 1. The Morgan fingerprint density at radius 1 is 1.29 bits per heavy atom. The van der Waals surface area contributed by atoms with E-state index in [0.29, 0.717) is 29.5 Å². The summed E-state index contributed by atoms with van der Waals surface area (Å²) < 4.78 is 5.89. The minimum Gasteiger partial charge on any atom is -0.491 e. The Labute approximate surface area is 172 Å². The molecule has 0 fully saturated rings. The van der Waals surface area contributed by atoms with Crippen LogP contribution in [-0.4, -0.2) is 28.7 Å². The molecule has 2 heterocycles. The van der Waals surface area contributed by atoms with Gasteiger partial charge in [0, 0.05) is 34.3 Å². The van der Waals surface area contributed by atoms with Gasteiger partial charge in [0.15, 0.2) is 0 Å². The molecule has 1 aromatic carbocycles. The Kier molecular flexibility index (Phi) is 5.64. The van der Waals surface area contributed by atoms with Gasteiger partial charge in [-0.05, 0) is 43.7 Å². The zero-order chi connectivity index (χ0) is 19.5. The number of hydrogen-bond acceptors (Lipinski definition) is 7. The van der Waals surface area contributed by atoms with Crippen LogP contribution in [0.2, 0.25) is 0 Å². The van der Waals surface area contributed by atoms with E-state index in [0.717, 1.165) is 41.0 Å². The van der Waals surface area contributed by atoms with E-state index in [2.05, 4.69) is 15.3 Å². The van der Waals surface area contributed by atoms with Gasteiger partial charge in [-0.15, -0.1) is 22.9 Å². The maximum Gasteiger partial charge on any atom is 0.144 e. The fraction of sp³-hybridized carbons (Fsp3) is 0.350. The van der Waals surface area contributed by atoms with E-state index in [1.54, 1.807) is 23.7 Å². The molecule has 0 atom stereocenters. The van der Waals surface area contributed by atoms with Crippen molar-refractivity contribution in [3.8, 4) is 5.75 Å². The second-order valence-corrected chi connectivity index (χ2v) is 8.21. The Bertz CT molecular complexity index is 1020. The first-order valence-corrected chi connectivity index (χ1v) is 10.7. The highest BCUT2D eigenvalue weighted by Crippen LogP contribution is 2.40. The van der Waals surface area contributed by atoms with E-state index in [1.807, 2.05) is 6.07 Å². The Morgan fingerprint density at radius 3 is 2.96 bits per heavy atom. The van der Waals surface area contributed by atoms with E-state index in [1.165, 1.54) is 29.5 Å². The first kappa shape index (κ1) is 19.0. The molecule has 6 nitrogen and oxygen atoms in total. The summed E-state index contributed by atoms with van der Waals surface area (Å²) in [6.45, 7) is 0.495. The van der Waals surface area contributed by atoms with Gasteiger partial charge in [0.25, 0.3) is 0 Å². The van der Waals surface area contributed by atoms with Gasteiger partial charge >= 0.3 is 0 Å². The van der Waals surface area contributed by atoms with Crippen molar-refractivity contribution in [3.63, 3.8) is 0 Å². The zero-order valence-electron chi connectivity index (χ0n) is 15.4. The summed E-state index contributed by atoms with van der Waals surface area (Å²) in [6.07, 6.45) is 8.17. The summed E-state index contributed by atoms with van der Waals surface area (Å²) in [5.41, 5.74) is 9.28. The topological polar surface area (TPSA) is 96.9 Å². The fourth-order valence-electron chi connectivity index (χ4n) is 3.50. The average Bonchev–Trinajstić information content (AvgIpc) is 3.09. The molecule has 1 aliphatic rings. The van der Waals surface area contributed by atoms with Crippen LogP contribution in [0.4, 0.5) is 17.2 Å². The molecule has 2 aromatic heterocycles. The SMILES string of the molecule is N=Cc1cc(Nc2ncnc3sc4c(c23)CCCC4)c(OCCCCl)cc1N. The fourth-order valence-corrected chi connectivity index (χ4v) is 4.84. The molecule has 8 heteroatoms. The molecular formula is C20H22ClN5OS. The molecule has 0 aliphatic heterocycles. The van der Waals surface area contributed by atoms with E-state index in [-0.39, 0.29) is 0 Å². The summed E-state index contributed by atoms with van der Waals surface area (Å²) in [4.78, 5) is 11.4. The normalized spacial score (nSPS) is 13.3. The van der Waals surface area contributed by atoms with Gasteiger partial charge in [-0.1, -0.05) is 0 Å². The van der Waals surface area contributed by atoms with Crippen molar-refractivity contribution in [2.45, 2.75) is 32.1 Å². The molecule has 3 aromatic rings. The van der Waals surface area contributed by atoms with Crippen LogP contribution in [0, 0.1) is 5.41 Å². The highest BCUT2D eigenvalue weighted by molar-refractivity contribution is 7.19.